The predicted octanol–water partition coefficient (Wildman–Crippen LogP) is 2.19. The smallest absolute Gasteiger partial charge is 0.251 e. The van der Waals surface area contributed by atoms with Crippen LogP contribution < -0.4 is 15.0 Å². The molecule has 0 radical (unpaired) electrons. The zero-order valence-corrected chi connectivity index (χ0v) is 14.0. The molecule has 0 saturated carbocycles. The number of anilines is 1. The Labute approximate surface area is 141 Å². The molecule has 0 aliphatic carbocycles. The molecule has 1 aromatic carbocycles. The number of nitrogens with zero attached hydrogens (tertiary/aromatic N) is 3. The summed E-state index contributed by atoms with van der Waals surface area (Å²) < 4.78 is 5.14. The fraction of sp³-hybridized carbons (Fsp3) is 0.389. The monoisotopic (exact) mass is 326 g/mol. The lowest BCUT2D eigenvalue weighted by atomic mass is 10.0. The standard InChI is InChI=1S/C18H22N4O2/c1-13-5-3-4-6-15(13)17(23)20-14-8-11-22(12-9-14)18-19-10-7-16(21-18)24-2/h3-7,10,14H,8-9,11-12H2,1-2H3,(H,20,23). The van der Waals surface area contributed by atoms with E-state index < -0.39 is 0 Å². The summed E-state index contributed by atoms with van der Waals surface area (Å²) in [6.07, 6.45) is 3.45. The van der Waals surface area contributed by atoms with Crippen molar-refractivity contribution in [2.24, 2.45) is 0 Å². The predicted molar refractivity (Wildman–Crippen MR) is 92.5 cm³/mol. The minimum Gasteiger partial charge on any atom is -0.481 e. The highest BCUT2D eigenvalue weighted by atomic mass is 16.5. The maximum Gasteiger partial charge on any atom is 0.251 e. The number of nitrogens with one attached hydrogen (secondary N) is 1. The van der Waals surface area contributed by atoms with Crippen LogP contribution in [0.25, 0.3) is 0 Å². The number of rotatable bonds is 4. The molecule has 126 valence electrons. The fourth-order valence-electron chi connectivity index (χ4n) is 2.91. The van der Waals surface area contributed by atoms with Crippen LogP contribution in [0.2, 0.25) is 0 Å². The van der Waals surface area contributed by atoms with E-state index in [-0.39, 0.29) is 11.9 Å². The number of carbonyl (C=O) groups excluding carboxylic acids is 1. The van der Waals surface area contributed by atoms with E-state index in [9.17, 15) is 4.79 Å². The van der Waals surface area contributed by atoms with Crippen LogP contribution in [0.5, 0.6) is 5.88 Å². The number of hydrogen-bond acceptors (Lipinski definition) is 5. The van der Waals surface area contributed by atoms with Gasteiger partial charge in [0.2, 0.25) is 11.8 Å². The second kappa shape index (κ2) is 7.29. The number of hydrogen-bond donors (Lipinski definition) is 1. The number of piperidine rings is 1. The Morgan fingerprint density at radius 2 is 2.00 bits per heavy atom. The normalized spacial score (nSPS) is 15.2. The highest BCUT2D eigenvalue weighted by molar-refractivity contribution is 5.95. The zero-order chi connectivity index (χ0) is 16.9. The largest absolute Gasteiger partial charge is 0.481 e. The minimum atomic E-state index is 0.00387. The lowest BCUT2D eigenvalue weighted by Crippen LogP contribution is -2.45. The van der Waals surface area contributed by atoms with Gasteiger partial charge in [0.15, 0.2) is 0 Å². The van der Waals surface area contributed by atoms with Crippen LogP contribution in [0.1, 0.15) is 28.8 Å². The number of amides is 1. The van der Waals surface area contributed by atoms with Crippen molar-refractivity contribution in [1.82, 2.24) is 15.3 Å². The van der Waals surface area contributed by atoms with Gasteiger partial charge in [0.05, 0.1) is 7.11 Å². The van der Waals surface area contributed by atoms with E-state index in [1.165, 1.54) is 0 Å². The molecule has 2 heterocycles. The molecule has 6 nitrogen and oxygen atoms in total. The van der Waals surface area contributed by atoms with Crippen molar-refractivity contribution in [3.05, 3.63) is 47.7 Å². The maximum atomic E-state index is 12.4. The fourth-order valence-corrected chi connectivity index (χ4v) is 2.91. The van der Waals surface area contributed by atoms with Gasteiger partial charge in [-0.05, 0) is 31.4 Å². The van der Waals surface area contributed by atoms with Crippen molar-refractivity contribution in [3.63, 3.8) is 0 Å². The van der Waals surface area contributed by atoms with Crippen molar-refractivity contribution in [2.75, 3.05) is 25.1 Å². The second-order valence-corrected chi connectivity index (χ2v) is 5.95. The van der Waals surface area contributed by atoms with Gasteiger partial charge < -0.3 is 15.0 Å². The van der Waals surface area contributed by atoms with Crippen LogP contribution >= 0.6 is 0 Å². The molecule has 24 heavy (non-hydrogen) atoms. The van der Waals surface area contributed by atoms with Crippen LogP contribution in [-0.2, 0) is 0 Å². The summed E-state index contributed by atoms with van der Waals surface area (Å²) in [6.45, 7) is 3.58. The molecule has 1 saturated heterocycles. The van der Waals surface area contributed by atoms with Gasteiger partial charge in [-0.15, -0.1) is 0 Å². The minimum absolute atomic E-state index is 0.00387. The Morgan fingerprint density at radius 3 is 2.71 bits per heavy atom. The SMILES string of the molecule is COc1ccnc(N2CCC(NC(=O)c3ccccc3C)CC2)n1. The van der Waals surface area contributed by atoms with E-state index in [4.69, 9.17) is 4.74 Å². The molecular weight excluding hydrogens is 304 g/mol. The molecule has 3 rings (SSSR count). The van der Waals surface area contributed by atoms with Crippen LogP contribution in [0, 0.1) is 6.92 Å². The lowest BCUT2D eigenvalue weighted by Gasteiger charge is -2.32. The van der Waals surface area contributed by atoms with E-state index in [1.54, 1.807) is 19.4 Å². The zero-order valence-electron chi connectivity index (χ0n) is 14.0. The van der Waals surface area contributed by atoms with Gasteiger partial charge in [0.25, 0.3) is 5.91 Å². The van der Waals surface area contributed by atoms with Crippen molar-refractivity contribution in [1.29, 1.82) is 0 Å². The maximum absolute atomic E-state index is 12.4. The summed E-state index contributed by atoms with van der Waals surface area (Å²) in [7, 11) is 1.60. The average molecular weight is 326 g/mol. The van der Waals surface area contributed by atoms with Gasteiger partial charge in [-0.25, -0.2) is 4.98 Å². The average Bonchev–Trinajstić information content (AvgIpc) is 2.62. The van der Waals surface area contributed by atoms with Crippen molar-refractivity contribution >= 4 is 11.9 Å². The van der Waals surface area contributed by atoms with Gasteiger partial charge >= 0.3 is 0 Å². The molecule has 2 aromatic rings. The molecule has 6 heteroatoms. The van der Waals surface area contributed by atoms with Gasteiger partial charge in [-0.2, -0.15) is 4.98 Å². The first-order valence-electron chi connectivity index (χ1n) is 8.16. The Balaban J connectivity index is 1.57. The Morgan fingerprint density at radius 1 is 1.25 bits per heavy atom. The summed E-state index contributed by atoms with van der Waals surface area (Å²) in [6, 6.07) is 9.57. The summed E-state index contributed by atoms with van der Waals surface area (Å²) in [4.78, 5) is 23.2. The van der Waals surface area contributed by atoms with Crippen LogP contribution in [0.4, 0.5) is 5.95 Å². The summed E-state index contributed by atoms with van der Waals surface area (Å²) in [5.41, 5.74) is 1.74. The topological polar surface area (TPSA) is 67.3 Å². The van der Waals surface area contributed by atoms with E-state index in [0.717, 1.165) is 37.1 Å². The number of methoxy groups -OCH3 is 1. The summed E-state index contributed by atoms with van der Waals surface area (Å²) in [5, 5.41) is 3.14. The van der Waals surface area contributed by atoms with Crippen molar-refractivity contribution in [2.45, 2.75) is 25.8 Å². The first-order chi connectivity index (χ1) is 11.7. The molecule has 1 aromatic heterocycles. The quantitative estimate of drug-likeness (QED) is 0.933. The van der Waals surface area contributed by atoms with Gasteiger partial charge in [-0.3, -0.25) is 4.79 Å². The van der Waals surface area contributed by atoms with Gasteiger partial charge in [0, 0.05) is 37.0 Å². The van der Waals surface area contributed by atoms with Gasteiger partial charge in [0.1, 0.15) is 0 Å². The molecule has 0 unspecified atom stereocenters. The number of aromatic nitrogens is 2. The first kappa shape index (κ1) is 16.2. The lowest BCUT2D eigenvalue weighted by molar-refractivity contribution is 0.0930. The molecule has 1 aliphatic heterocycles. The molecule has 1 aliphatic rings. The summed E-state index contributed by atoms with van der Waals surface area (Å²) >= 11 is 0. The van der Waals surface area contributed by atoms with Crippen LogP contribution in [0.3, 0.4) is 0 Å². The van der Waals surface area contributed by atoms with E-state index >= 15 is 0 Å². The molecule has 0 bridgehead atoms. The Hall–Kier alpha value is -2.63. The molecular formula is C18H22N4O2. The number of ether oxygens (including phenoxy) is 1. The van der Waals surface area contributed by atoms with Crippen molar-refractivity contribution < 1.29 is 9.53 Å². The summed E-state index contributed by atoms with van der Waals surface area (Å²) in [5.74, 6) is 1.25. The number of benzene rings is 1. The Kier molecular flexibility index (Phi) is 4.93. The first-order valence-corrected chi connectivity index (χ1v) is 8.16. The Bertz CT molecular complexity index is 712. The van der Waals surface area contributed by atoms with Crippen LogP contribution in [0.15, 0.2) is 36.5 Å². The molecule has 1 amide bonds. The van der Waals surface area contributed by atoms with E-state index in [2.05, 4.69) is 20.2 Å². The second-order valence-electron chi connectivity index (χ2n) is 5.95. The van der Waals surface area contributed by atoms with Crippen LogP contribution in [-0.4, -0.2) is 42.1 Å². The van der Waals surface area contributed by atoms with E-state index in [1.807, 2.05) is 31.2 Å². The van der Waals surface area contributed by atoms with Gasteiger partial charge in [-0.1, -0.05) is 18.2 Å². The third-order valence-electron chi connectivity index (χ3n) is 4.33. The number of carbonyl (C=O) groups is 1. The molecule has 1 N–H and O–H groups in total. The molecule has 0 atom stereocenters. The highest BCUT2D eigenvalue weighted by Gasteiger charge is 2.23. The van der Waals surface area contributed by atoms with E-state index in [0.29, 0.717) is 11.8 Å². The molecule has 0 spiro atoms. The third kappa shape index (κ3) is 3.64. The molecule has 1 fully saturated rings. The third-order valence-corrected chi connectivity index (χ3v) is 4.33. The van der Waals surface area contributed by atoms with Crippen molar-refractivity contribution in [3.8, 4) is 5.88 Å². The highest BCUT2D eigenvalue weighted by Crippen LogP contribution is 2.18. The number of aryl methyl sites for hydroxylation is 1.